The molecule has 1 atom stereocenters. The van der Waals surface area contributed by atoms with Crippen molar-refractivity contribution in [2.45, 2.75) is 45.4 Å². The zero-order valence-electron chi connectivity index (χ0n) is 8.24. The molecule has 0 spiro atoms. The molecule has 0 amide bonds. The second kappa shape index (κ2) is 14.2. The van der Waals surface area contributed by atoms with Crippen molar-refractivity contribution >= 4 is 9.24 Å². The first-order chi connectivity index (χ1) is 6.15. The van der Waals surface area contributed by atoms with Crippen molar-refractivity contribution in [2.24, 2.45) is 0 Å². The largest absolute Gasteiger partial charge is 0.328 e. The van der Waals surface area contributed by atoms with Crippen molar-refractivity contribution in [1.82, 2.24) is 0 Å². The molecule has 13 heavy (non-hydrogen) atoms. The van der Waals surface area contributed by atoms with E-state index in [0.29, 0.717) is 0 Å². The molecular weight excluding hydrogens is 189 g/mol. The second-order valence-electron chi connectivity index (χ2n) is 2.79. The average Bonchev–Trinajstić information content (AvgIpc) is 2.03. The van der Waals surface area contributed by atoms with Crippen LogP contribution in [0.3, 0.4) is 0 Å². The standard InChI is InChI=1S/C8H19P.HNO3/c1-2-3-4-5-6-7-8-9;2-1(3)4/h2-9H2,1H3;(H,2,3,4). The molecule has 80 valence electrons. The summed E-state index contributed by atoms with van der Waals surface area (Å²) >= 11 is 0. The summed E-state index contributed by atoms with van der Waals surface area (Å²) in [6.45, 7) is 2.26. The van der Waals surface area contributed by atoms with E-state index in [1.165, 1.54) is 44.7 Å². The summed E-state index contributed by atoms with van der Waals surface area (Å²) < 4.78 is 0. The van der Waals surface area contributed by atoms with E-state index in [0.717, 1.165) is 0 Å². The van der Waals surface area contributed by atoms with Crippen LogP contribution in [0.1, 0.15) is 45.4 Å². The Balaban J connectivity index is 0. The number of rotatable bonds is 6. The molecule has 0 aliphatic rings. The van der Waals surface area contributed by atoms with Crippen LogP contribution in [0.5, 0.6) is 0 Å². The van der Waals surface area contributed by atoms with Crippen LogP contribution in [0.25, 0.3) is 0 Å². The third kappa shape index (κ3) is 34.0. The first-order valence-corrected chi connectivity index (χ1v) is 5.50. The van der Waals surface area contributed by atoms with Gasteiger partial charge in [-0.15, -0.1) is 19.4 Å². The van der Waals surface area contributed by atoms with Crippen LogP contribution in [-0.4, -0.2) is 16.5 Å². The highest BCUT2D eigenvalue weighted by molar-refractivity contribution is 7.16. The molecule has 0 aliphatic carbocycles. The summed E-state index contributed by atoms with van der Waals surface area (Å²) in [5, 5.41) is 13.6. The Kier molecular flexibility index (Phi) is 16.5. The fourth-order valence-electron chi connectivity index (χ4n) is 0.925. The summed E-state index contributed by atoms with van der Waals surface area (Å²) in [5.41, 5.74) is 0. The SMILES string of the molecule is CCCCCCCCP.O=[N+]([O-])O. The fraction of sp³-hybridized carbons (Fsp3) is 1.00. The van der Waals surface area contributed by atoms with E-state index in [-0.39, 0.29) is 0 Å². The lowest BCUT2D eigenvalue weighted by Gasteiger charge is -1.96. The number of nitrogens with zero attached hydrogens (tertiary/aromatic N) is 1. The van der Waals surface area contributed by atoms with Gasteiger partial charge in [-0.3, -0.25) is 0 Å². The molecule has 5 heteroatoms. The normalized spacial score (nSPS) is 8.77. The molecule has 0 heterocycles. The van der Waals surface area contributed by atoms with E-state index < -0.39 is 5.09 Å². The fourth-order valence-corrected chi connectivity index (χ4v) is 1.21. The summed E-state index contributed by atoms with van der Waals surface area (Å²) in [6, 6.07) is 0. The monoisotopic (exact) mass is 209 g/mol. The van der Waals surface area contributed by atoms with E-state index in [1.54, 1.807) is 0 Å². The Labute approximate surface area is 82.0 Å². The van der Waals surface area contributed by atoms with Gasteiger partial charge in [0.15, 0.2) is 0 Å². The van der Waals surface area contributed by atoms with Crippen molar-refractivity contribution in [3.63, 3.8) is 0 Å². The third-order valence-electron chi connectivity index (χ3n) is 1.56. The molecule has 0 radical (unpaired) electrons. The molecule has 1 N–H and O–H groups in total. The molecule has 0 fully saturated rings. The maximum absolute atomic E-state index is 8.36. The Morgan fingerprint density at radius 2 is 1.62 bits per heavy atom. The average molecular weight is 209 g/mol. The molecule has 1 unspecified atom stereocenters. The zero-order chi connectivity index (χ0) is 10.5. The molecule has 0 saturated heterocycles. The van der Waals surface area contributed by atoms with Gasteiger partial charge in [0.05, 0.1) is 0 Å². The summed E-state index contributed by atoms with van der Waals surface area (Å²) in [6.07, 6.45) is 9.80. The lowest BCUT2D eigenvalue weighted by molar-refractivity contribution is -0.742. The summed E-state index contributed by atoms with van der Waals surface area (Å²) in [4.78, 5) is 8.36. The topological polar surface area (TPSA) is 63.4 Å². The number of hydrogen-bond acceptors (Lipinski definition) is 2. The van der Waals surface area contributed by atoms with E-state index >= 15 is 0 Å². The highest BCUT2D eigenvalue weighted by Gasteiger charge is 1.85. The van der Waals surface area contributed by atoms with Gasteiger partial charge in [-0.05, 0) is 12.6 Å². The van der Waals surface area contributed by atoms with Crippen molar-refractivity contribution in [3.05, 3.63) is 10.1 Å². The van der Waals surface area contributed by atoms with Crippen LogP contribution in [0, 0.1) is 10.1 Å². The van der Waals surface area contributed by atoms with Gasteiger partial charge in [-0.2, -0.15) is 0 Å². The van der Waals surface area contributed by atoms with E-state index in [1.807, 2.05) is 0 Å². The van der Waals surface area contributed by atoms with Gasteiger partial charge in [0.25, 0.3) is 5.09 Å². The van der Waals surface area contributed by atoms with Crippen molar-refractivity contribution in [1.29, 1.82) is 0 Å². The minimum absolute atomic E-state index is 1.28. The van der Waals surface area contributed by atoms with Crippen LogP contribution in [0.4, 0.5) is 0 Å². The predicted molar refractivity (Wildman–Crippen MR) is 56.7 cm³/mol. The van der Waals surface area contributed by atoms with Crippen LogP contribution >= 0.6 is 9.24 Å². The van der Waals surface area contributed by atoms with Gasteiger partial charge in [-0.25, -0.2) is 0 Å². The van der Waals surface area contributed by atoms with E-state index in [4.69, 9.17) is 15.3 Å². The lowest BCUT2D eigenvalue weighted by atomic mass is 10.1. The minimum atomic E-state index is -1.50. The number of unbranched alkanes of at least 4 members (excludes halogenated alkanes) is 5. The maximum Gasteiger partial charge on any atom is 0.291 e. The van der Waals surface area contributed by atoms with Gasteiger partial charge in [0.1, 0.15) is 0 Å². The van der Waals surface area contributed by atoms with Crippen molar-refractivity contribution < 1.29 is 10.3 Å². The van der Waals surface area contributed by atoms with Gasteiger partial charge < -0.3 is 5.21 Å². The van der Waals surface area contributed by atoms with Crippen LogP contribution in [-0.2, 0) is 0 Å². The lowest BCUT2D eigenvalue weighted by Crippen LogP contribution is -1.81. The Morgan fingerprint density at radius 1 is 1.23 bits per heavy atom. The van der Waals surface area contributed by atoms with Crippen LogP contribution < -0.4 is 0 Å². The molecule has 4 nitrogen and oxygen atoms in total. The summed E-state index contributed by atoms with van der Waals surface area (Å²) in [5.74, 6) is 0. The van der Waals surface area contributed by atoms with Gasteiger partial charge >= 0.3 is 0 Å². The Hall–Kier alpha value is -0.370. The van der Waals surface area contributed by atoms with Gasteiger partial charge in [-0.1, -0.05) is 39.0 Å². The van der Waals surface area contributed by atoms with Crippen LogP contribution in [0.2, 0.25) is 0 Å². The first kappa shape index (κ1) is 15.1. The molecule has 0 aromatic heterocycles. The highest BCUT2D eigenvalue weighted by Crippen LogP contribution is 2.05. The molecule has 0 saturated carbocycles. The number of hydrogen-bond donors (Lipinski definition) is 1. The smallest absolute Gasteiger partial charge is 0.291 e. The zero-order valence-corrected chi connectivity index (χ0v) is 9.39. The molecule has 0 aromatic rings. The molecule has 0 aromatic carbocycles. The molecule has 0 bridgehead atoms. The molecule has 0 aliphatic heterocycles. The van der Waals surface area contributed by atoms with Crippen molar-refractivity contribution in [3.8, 4) is 0 Å². The van der Waals surface area contributed by atoms with E-state index in [9.17, 15) is 0 Å². The predicted octanol–water partition coefficient (Wildman–Crippen LogP) is 2.87. The Bertz CT molecular complexity index is 102. The second-order valence-corrected chi connectivity index (χ2v) is 3.37. The maximum atomic E-state index is 8.36. The van der Waals surface area contributed by atoms with Crippen molar-refractivity contribution in [2.75, 3.05) is 6.16 Å². The van der Waals surface area contributed by atoms with Gasteiger partial charge in [0.2, 0.25) is 0 Å². The highest BCUT2D eigenvalue weighted by atomic mass is 31.0. The molecule has 0 rings (SSSR count). The Morgan fingerprint density at radius 3 is 2.00 bits per heavy atom. The van der Waals surface area contributed by atoms with E-state index in [2.05, 4.69) is 16.2 Å². The quantitative estimate of drug-likeness (QED) is 0.316. The third-order valence-corrected chi connectivity index (χ3v) is 1.97. The minimum Gasteiger partial charge on any atom is -0.328 e. The summed E-state index contributed by atoms with van der Waals surface area (Å²) in [7, 11) is 2.78. The first-order valence-electron chi connectivity index (χ1n) is 4.68. The van der Waals surface area contributed by atoms with Crippen LogP contribution in [0.15, 0.2) is 0 Å². The molecular formula is C8H20NO3P. The van der Waals surface area contributed by atoms with Gasteiger partial charge in [0, 0.05) is 0 Å².